The van der Waals surface area contributed by atoms with Crippen molar-refractivity contribution in [1.29, 1.82) is 0 Å². The monoisotopic (exact) mass is 273 g/mol. The number of hydrogen-bond donors (Lipinski definition) is 1. The molecular weight excluding hydrogens is 250 g/mol. The highest BCUT2D eigenvalue weighted by Gasteiger charge is 2.14. The van der Waals surface area contributed by atoms with Crippen LogP contribution in [0.4, 0.5) is 0 Å². The molecule has 0 aliphatic heterocycles. The molecule has 1 aromatic carbocycles. The summed E-state index contributed by atoms with van der Waals surface area (Å²) in [7, 11) is 1.80. The summed E-state index contributed by atoms with van der Waals surface area (Å²) >= 11 is 0. The molecule has 1 heterocycles. The maximum absolute atomic E-state index is 4.29. The minimum absolute atomic E-state index is 0.476. The van der Waals surface area contributed by atoms with Crippen molar-refractivity contribution in [2.45, 2.75) is 32.7 Å². The van der Waals surface area contributed by atoms with Crippen LogP contribution in [0.2, 0.25) is 0 Å². The quantitative estimate of drug-likeness (QED) is 0.832. The Hall–Kier alpha value is -1.75. The second-order valence-electron chi connectivity index (χ2n) is 5.52. The van der Waals surface area contributed by atoms with Gasteiger partial charge in [-0.05, 0) is 29.7 Å². The number of tetrazole rings is 1. The first-order chi connectivity index (χ1) is 9.63. The molecule has 2 rings (SSSR count). The van der Waals surface area contributed by atoms with Crippen molar-refractivity contribution in [2.24, 2.45) is 13.0 Å². The zero-order valence-corrected chi connectivity index (χ0v) is 12.5. The molecule has 0 radical (unpaired) electrons. The number of nitrogens with one attached hydrogen (secondary N) is 1. The van der Waals surface area contributed by atoms with Crippen molar-refractivity contribution in [2.75, 3.05) is 6.54 Å². The zero-order valence-electron chi connectivity index (χ0n) is 12.5. The van der Waals surface area contributed by atoms with Gasteiger partial charge in [-0.2, -0.15) is 4.80 Å². The maximum Gasteiger partial charge on any atom is 0.175 e. The van der Waals surface area contributed by atoms with Gasteiger partial charge in [-0.15, -0.1) is 10.2 Å². The lowest BCUT2D eigenvalue weighted by Crippen LogP contribution is -2.31. The van der Waals surface area contributed by atoms with Crippen LogP contribution in [0, 0.1) is 5.92 Å². The second-order valence-corrected chi connectivity index (χ2v) is 5.52. The molecule has 0 saturated heterocycles. The normalized spacial score (nSPS) is 12.8. The number of aryl methyl sites for hydroxylation is 1. The zero-order chi connectivity index (χ0) is 14.4. The SMILES string of the molecule is CC(C)NCC(Cc1ccccc1)Cc1nnn(C)n1. The summed E-state index contributed by atoms with van der Waals surface area (Å²) in [5.41, 5.74) is 1.35. The fourth-order valence-electron chi connectivity index (χ4n) is 2.23. The number of rotatable bonds is 7. The topological polar surface area (TPSA) is 55.6 Å². The first-order valence-corrected chi connectivity index (χ1v) is 7.13. The summed E-state index contributed by atoms with van der Waals surface area (Å²) < 4.78 is 0. The summed E-state index contributed by atoms with van der Waals surface area (Å²) in [6.07, 6.45) is 1.88. The molecular formula is C15H23N5. The van der Waals surface area contributed by atoms with E-state index in [9.17, 15) is 0 Å². The molecule has 1 atom stereocenters. The third-order valence-corrected chi connectivity index (χ3v) is 3.20. The summed E-state index contributed by atoms with van der Waals surface area (Å²) in [6, 6.07) is 11.1. The standard InChI is InChI=1S/C15H23N5/c1-12(2)16-11-14(9-13-7-5-4-6-8-13)10-15-17-19-20(3)18-15/h4-8,12,14,16H,9-11H2,1-3H3. The molecule has 0 fully saturated rings. The van der Waals surface area contributed by atoms with E-state index in [0.29, 0.717) is 12.0 Å². The summed E-state index contributed by atoms with van der Waals surface area (Å²) in [4.78, 5) is 1.52. The Bertz CT molecular complexity index is 506. The van der Waals surface area contributed by atoms with Gasteiger partial charge in [0.15, 0.2) is 5.82 Å². The first kappa shape index (κ1) is 14.7. The van der Waals surface area contributed by atoms with Crippen LogP contribution in [0.25, 0.3) is 0 Å². The van der Waals surface area contributed by atoms with Gasteiger partial charge in [0, 0.05) is 12.5 Å². The fraction of sp³-hybridized carbons (Fsp3) is 0.533. The van der Waals surface area contributed by atoms with E-state index in [1.807, 2.05) is 0 Å². The van der Waals surface area contributed by atoms with Crippen molar-refractivity contribution in [3.63, 3.8) is 0 Å². The van der Waals surface area contributed by atoms with Gasteiger partial charge < -0.3 is 5.32 Å². The largest absolute Gasteiger partial charge is 0.314 e. The minimum atomic E-state index is 0.476. The highest BCUT2D eigenvalue weighted by molar-refractivity contribution is 5.15. The maximum atomic E-state index is 4.29. The summed E-state index contributed by atoms with van der Waals surface area (Å²) in [5, 5.41) is 15.8. The predicted molar refractivity (Wildman–Crippen MR) is 79.3 cm³/mol. The van der Waals surface area contributed by atoms with Crippen LogP contribution in [-0.4, -0.2) is 32.8 Å². The smallest absolute Gasteiger partial charge is 0.175 e. The number of aromatic nitrogens is 4. The van der Waals surface area contributed by atoms with Crippen LogP contribution in [0.15, 0.2) is 30.3 Å². The Balaban J connectivity index is 2.00. The fourth-order valence-corrected chi connectivity index (χ4v) is 2.23. The molecule has 1 N–H and O–H groups in total. The predicted octanol–water partition coefficient (Wildman–Crippen LogP) is 1.61. The summed E-state index contributed by atoms with van der Waals surface area (Å²) in [6.45, 7) is 5.30. The average Bonchev–Trinajstić information content (AvgIpc) is 2.82. The van der Waals surface area contributed by atoms with Crippen molar-refractivity contribution in [1.82, 2.24) is 25.5 Å². The molecule has 108 valence electrons. The van der Waals surface area contributed by atoms with Gasteiger partial charge in [0.25, 0.3) is 0 Å². The van der Waals surface area contributed by atoms with E-state index in [0.717, 1.165) is 25.2 Å². The van der Waals surface area contributed by atoms with E-state index in [4.69, 9.17) is 0 Å². The van der Waals surface area contributed by atoms with Crippen LogP contribution < -0.4 is 5.32 Å². The van der Waals surface area contributed by atoms with Crippen molar-refractivity contribution >= 4 is 0 Å². The molecule has 0 saturated carbocycles. The summed E-state index contributed by atoms with van der Waals surface area (Å²) in [5.74, 6) is 1.29. The van der Waals surface area contributed by atoms with E-state index in [1.165, 1.54) is 10.4 Å². The molecule has 1 aromatic heterocycles. The van der Waals surface area contributed by atoms with E-state index >= 15 is 0 Å². The molecule has 5 nitrogen and oxygen atoms in total. The minimum Gasteiger partial charge on any atom is -0.314 e. The van der Waals surface area contributed by atoms with Crippen LogP contribution in [-0.2, 0) is 19.9 Å². The lowest BCUT2D eigenvalue weighted by Gasteiger charge is -2.18. The first-order valence-electron chi connectivity index (χ1n) is 7.13. The third-order valence-electron chi connectivity index (χ3n) is 3.20. The Labute approximate surface area is 120 Å². The molecule has 5 heteroatoms. The van der Waals surface area contributed by atoms with Crippen LogP contribution in [0.5, 0.6) is 0 Å². The lowest BCUT2D eigenvalue weighted by atomic mass is 9.95. The molecule has 2 aromatic rings. The Kier molecular flexibility index (Phi) is 5.24. The highest BCUT2D eigenvalue weighted by atomic mass is 15.6. The Morgan fingerprint density at radius 2 is 1.90 bits per heavy atom. The van der Waals surface area contributed by atoms with Gasteiger partial charge >= 0.3 is 0 Å². The molecule has 0 spiro atoms. The van der Waals surface area contributed by atoms with Gasteiger partial charge in [0.2, 0.25) is 0 Å². The van der Waals surface area contributed by atoms with Gasteiger partial charge in [-0.3, -0.25) is 0 Å². The lowest BCUT2D eigenvalue weighted by molar-refractivity contribution is 0.436. The molecule has 1 unspecified atom stereocenters. The third kappa shape index (κ3) is 4.74. The van der Waals surface area contributed by atoms with Crippen molar-refractivity contribution < 1.29 is 0 Å². The van der Waals surface area contributed by atoms with Crippen molar-refractivity contribution in [3.8, 4) is 0 Å². The number of benzene rings is 1. The van der Waals surface area contributed by atoms with Crippen LogP contribution >= 0.6 is 0 Å². The molecule has 20 heavy (non-hydrogen) atoms. The van der Waals surface area contributed by atoms with Crippen molar-refractivity contribution in [3.05, 3.63) is 41.7 Å². The van der Waals surface area contributed by atoms with E-state index in [1.54, 1.807) is 7.05 Å². The number of nitrogens with zero attached hydrogens (tertiary/aromatic N) is 4. The number of hydrogen-bond acceptors (Lipinski definition) is 4. The Morgan fingerprint density at radius 1 is 1.15 bits per heavy atom. The van der Waals surface area contributed by atoms with Gasteiger partial charge in [-0.1, -0.05) is 44.2 Å². The Morgan fingerprint density at radius 3 is 2.50 bits per heavy atom. The average molecular weight is 273 g/mol. The van der Waals surface area contributed by atoms with Gasteiger partial charge in [-0.25, -0.2) is 0 Å². The van der Waals surface area contributed by atoms with E-state index in [-0.39, 0.29) is 0 Å². The molecule has 0 bridgehead atoms. The van der Waals surface area contributed by atoms with Crippen LogP contribution in [0.3, 0.4) is 0 Å². The molecule has 0 aliphatic carbocycles. The van der Waals surface area contributed by atoms with Crippen LogP contribution in [0.1, 0.15) is 25.2 Å². The van der Waals surface area contributed by atoms with E-state index < -0.39 is 0 Å². The highest BCUT2D eigenvalue weighted by Crippen LogP contribution is 2.12. The van der Waals surface area contributed by atoms with E-state index in [2.05, 4.69) is 64.9 Å². The van der Waals surface area contributed by atoms with Gasteiger partial charge in [0.05, 0.1) is 7.05 Å². The molecule has 0 aliphatic rings. The second kappa shape index (κ2) is 7.14. The molecule has 0 amide bonds. The van der Waals surface area contributed by atoms with Gasteiger partial charge in [0.1, 0.15) is 0 Å².